The summed E-state index contributed by atoms with van der Waals surface area (Å²) in [6.07, 6.45) is 7.45. The van der Waals surface area contributed by atoms with Crippen LogP contribution in [0, 0.1) is 5.92 Å². The van der Waals surface area contributed by atoms with Crippen molar-refractivity contribution in [1.29, 1.82) is 0 Å². The molecule has 1 aromatic rings. The number of rotatable bonds is 3. The van der Waals surface area contributed by atoms with Crippen molar-refractivity contribution < 1.29 is 9.53 Å². The highest BCUT2D eigenvalue weighted by Gasteiger charge is 2.26. The van der Waals surface area contributed by atoms with Crippen LogP contribution in [0.25, 0.3) is 0 Å². The van der Waals surface area contributed by atoms with Gasteiger partial charge < -0.3 is 10.1 Å². The normalized spacial score (nSPS) is 24.3. The maximum atomic E-state index is 12.0. The number of hydrogen-bond acceptors (Lipinski definition) is 3. The van der Waals surface area contributed by atoms with Gasteiger partial charge in [0.25, 0.3) is 0 Å². The zero-order valence-corrected chi connectivity index (χ0v) is 10.1. The topological polar surface area (TPSA) is 51.2 Å². The van der Waals surface area contributed by atoms with Gasteiger partial charge in [-0.2, -0.15) is 0 Å². The molecule has 17 heavy (non-hydrogen) atoms. The van der Waals surface area contributed by atoms with E-state index in [0.29, 0.717) is 6.10 Å². The predicted molar refractivity (Wildman–Crippen MR) is 65.6 cm³/mol. The fraction of sp³-hybridized carbons (Fsp3) is 0.538. The summed E-state index contributed by atoms with van der Waals surface area (Å²) in [5.41, 5.74) is 0.770. The highest BCUT2D eigenvalue weighted by atomic mass is 16.5. The maximum absolute atomic E-state index is 12.0. The van der Waals surface area contributed by atoms with Crippen molar-refractivity contribution in [2.75, 3.05) is 12.4 Å². The van der Waals surface area contributed by atoms with E-state index < -0.39 is 0 Å². The third-order valence-corrected chi connectivity index (χ3v) is 3.31. The lowest BCUT2D eigenvalue weighted by atomic mass is 9.87. The summed E-state index contributed by atoms with van der Waals surface area (Å²) in [6, 6.07) is 3.67. The molecule has 1 fully saturated rings. The summed E-state index contributed by atoms with van der Waals surface area (Å²) in [6.45, 7) is 0. The zero-order chi connectivity index (χ0) is 12.1. The molecule has 0 atom stereocenters. The third kappa shape index (κ3) is 3.27. The molecule has 0 saturated heterocycles. The van der Waals surface area contributed by atoms with Gasteiger partial charge in [-0.1, -0.05) is 0 Å². The number of nitrogens with zero attached hydrogens (tertiary/aromatic N) is 1. The lowest BCUT2D eigenvalue weighted by Crippen LogP contribution is -2.29. The molecule has 0 radical (unpaired) electrons. The second kappa shape index (κ2) is 5.77. The number of methoxy groups -OCH3 is 1. The standard InChI is InChI=1S/C13H18N2O2/c1-17-12-6-4-10(5-7-12)13(16)15-11-3-2-8-14-9-11/h2-3,8-10,12H,4-7H2,1H3,(H,15,16). The van der Waals surface area contributed by atoms with Crippen LogP contribution in [-0.4, -0.2) is 24.1 Å². The lowest BCUT2D eigenvalue weighted by molar-refractivity contribution is -0.121. The van der Waals surface area contributed by atoms with Gasteiger partial charge in [0.2, 0.25) is 5.91 Å². The van der Waals surface area contributed by atoms with Gasteiger partial charge >= 0.3 is 0 Å². The van der Waals surface area contributed by atoms with E-state index in [2.05, 4.69) is 10.3 Å². The number of hydrogen-bond donors (Lipinski definition) is 1. The third-order valence-electron chi connectivity index (χ3n) is 3.31. The Morgan fingerprint density at radius 1 is 1.41 bits per heavy atom. The Morgan fingerprint density at radius 3 is 2.76 bits per heavy atom. The van der Waals surface area contributed by atoms with Crippen molar-refractivity contribution in [3.8, 4) is 0 Å². The van der Waals surface area contributed by atoms with E-state index in [-0.39, 0.29) is 11.8 Å². The molecule has 1 amide bonds. The number of carbonyl (C=O) groups excluding carboxylic acids is 1. The molecule has 0 unspecified atom stereocenters. The lowest BCUT2D eigenvalue weighted by Gasteiger charge is -2.26. The minimum absolute atomic E-state index is 0.104. The van der Waals surface area contributed by atoms with Crippen molar-refractivity contribution in [3.63, 3.8) is 0 Å². The molecule has 1 aliphatic rings. The molecule has 0 aliphatic heterocycles. The summed E-state index contributed by atoms with van der Waals surface area (Å²) in [5.74, 6) is 0.217. The molecule has 1 aromatic heterocycles. The Kier molecular flexibility index (Phi) is 4.09. The molecule has 1 N–H and O–H groups in total. The van der Waals surface area contributed by atoms with Crippen molar-refractivity contribution >= 4 is 11.6 Å². The number of carbonyl (C=O) groups is 1. The summed E-state index contributed by atoms with van der Waals surface area (Å²) in [5, 5.41) is 2.90. The average molecular weight is 234 g/mol. The van der Waals surface area contributed by atoms with Crippen LogP contribution in [0.15, 0.2) is 24.5 Å². The zero-order valence-electron chi connectivity index (χ0n) is 10.1. The summed E-state index contributed by atoms with van der Waals surface area (Å²) < 4.78 is 5.30. The highest BCUT2D eigenvalue weighted by molar-refractivity contribution is 5.92. The van der Waals surface area contributed by atoms with E-state index >= 15 is 0 Å². The molecule has 4 nitrogen and oxygen atoms in total. The van der Waals surface area contributed by atoms with Crippen LogP contribution >= 0.6 is 0 Å². The first-order valence-corrected chi connectivity index (χ1v) is 6.03. The first kappa shape index (κ1) is 12.0. The number of anilines is 1. The number of ether oxygens (including phenoxy) is 1. The number of nitrogens with one attached hydrogen (secondary N) is 1. The Hall–Kier alpha value is -1.42. The smallest absolute Gasteiger partial charge is 0.227 e. The van der Waals surface area contributed by atoms with E-state index in [0.717, 1.165) is 31.4 Å². The molecule has 92 valence electrons. The molecular formula is C13H18N2O2. The highest BCUT2D eigenvalue weighted by Crippen LogP contribution is 2.26. The second-order valence-corrected chi connectivity index (χ2v) is 4.44. The van der Waals surface area contributed by atoms with Crippen LogP contribution in [0.1, 0.15) is 25.7 Å². The molecule has 0 bridgehead atoms. The van der Waals surface area contributed by atoms with E-state index in [1.54, 1.807) is 19.5 Å². The Bertz CT molecular complexity index is 359. The first-order chi connectivity index (χ1) is 8.29. The van der Waals surface area contributed by atoms with Crippen molar-refractivity contribution in [1.82, 2.24) is 4.98 Å². The van der Waals surface area contributed by atoms with Crippen molar-refractivity contribution in [2.24, 2.45) is 5.92 Å². The molecule has 2 rings (SSSR count). The summed E-state index contributed by atoms with van der Waals surface area (Å²) in [4.78, 5) is 16.0. The van der Waals surface area contributed by atoms with Gasteiger partial charge in [-0.25, -0.2) is 0 Å². The number of pyridine rings is 1. The summed E-state index contributed by atoms with van der Waals surface area (Å²) in [7, 11) is 1.74. The SMILES string of the molecule is COC1CCC(C(=O)Nc2cccnc2)CC1. The van der Waals surface area contributed by atoms with Gasteiger partial charge in [0.05, 0.1) is 18.0 Å². The largest absolute Gasteiger partial charge is 0.381 e. The fourth-order valence-corrected chi connectivity index (χ4v) is 2.24. The monoisotopic (exact) mass is 234 g/mol. The Morgan fingerprint density at radius 2 is 2.18 bits per heavy atom. The molecule has 0 spiro atoms. The van der Waals surface area contributed by atoms with Crippen molar-refractivity contribution in [3.05, 3.63) is 24.5 Å². The van der Waals surface area contributed by atoms with Crippen LogP contribution in [0.3, 0.4) is 0 Å². The predicted octanol–water partition coefficient (Wildman–Crippen LogP) is 2.23. The van der Waals surface area contributed by atoms with Gasteiger partial charge in [0.1, 0.15) is 0 Å². The minimum Gasteiger partial charge on any atom is -0.381 e. The first-order valence-electron chi connectivity index (χ1n) is 6.03. The molecule has 1 aliphatic carbocycles. The quantitative estimate of drug-likeness (QED) is 0.872. The minimum atomic E-state index is 0.104. The van der Waals surface area contributed by atoms with Crippen LogP contribution in [-0.2, 0) is 9.53 Å². The molecule has 1 saturated carbocycles. The molecule has 0 aromatic carbocycles. The van der Waals surface area contributed by atoms with E-state index in [9.17, 15) is 4.79 Å². The average Bonchev–Trinajstić information content (AvgIpc) is 2.40. The number of aromatic nitrogens is 1. The second-order valence-electron chi connectivity index (χ2n) is 4.44. The van der Waals surface area contributed by atoms with Crippen LogP contribution in [0.4, 0.5) is 5.69 Å². The Labute approximate surface area is 101 Å². The van der Waals surface area contributed by atoms with E-state index in [4.69, 9.17) is 4.74 Å². The molecular weight excluding hydrogens is 216 g/mol. The van der Waals surface area contributed by atoms with Gasteiger partial charge in [0.15, 0.2) is 0 Å². The van der Waals surface area contributed by atoms with E-state index in [1.807, 2.05) is 12.1 Å². The van der Waals surface area contributed by atoms with Crippen molar-refractivity contribution in [2.45, 2.75) is 31.8 Å². The van der Waals surface area contributed by atoms with Gasteiger partial charge in [-0.05, 0) is 37.8 Å². The van der Waals surface area contributed by atoms with Crippen LogP contribution in [0.5, 0.6) is 0 Å². The molecule has 4 heteroatoms. The van der Waals surface area contributed by atoms with Crippen LogP contribution < -0.4 is 5.32 Å². The van der Waals surface area contributed by atoms with Crippen LogP contribution in [0.2, 0.25) is 0 Å². The maximum Gasteiger partial charge on any atom is 0.227 e. The van der Waals surface area contributed by atoms with Gasteiger partial charge in [-0.3, -0.25) is 9.78 Å². The Balaban J connectivity index is 1.85. The fourth-order valence-electron chi connectivity index (χ4n) is 2.24. The van der Waals surface area contributed by atoms with Gasteiger partial charge in [0, 0.05) is 19.2 Å². The number of amides is 1. The van der Waals surface area contributed by atoms with E-state index in [1.165, 1.54) is 0 Å². The van der Waals surface area contributed by atoms with Gasteiger partial charge in [-0.15, -0.1) is 0 Å². The molecule has 1 heterocycles. The summed E-state index contributed by atoms with van der Waals surface area (Å²) >= 11 is 0.